The molecule has 1 aliphatic rings. The fourth-order valence-electron chi connectivity index (χ4n) is 3.42. The SMILES string of the molecule is Fc1ccc2[nH]nc(Nc3nc(-c4ccccc4Cl)nc4c3CCNC4)c2c1. The Kier molecular flexibility index (Phi) is 4.18. The van der Waals surface area contributed by atoms with Gasteiger partial charge in [-0.05, 0) is 43.3 Å². The second kappa shape index (κ2) is 6.85. The minimum Gasteiger partial charge on any atom is -0.323 e. The molecular weight excluding hydrogens is 379 g/mol. The van der Waals surface area contributed by atoms with Crippen LogP contribution >= 0.6 is 11.6 Å². The van der Waals surface area contributed by atoms with E-state index in [4.69, 9.17) is 21.6 Å². The van der Waals surface area contributed by atoms with Crippen molar-refractivity contribution >= 4 is 34.1 Å². The molecule has 6 nitrogen and oxygen atoms in total. The lowest BCUT2D eigenvalue weighted by Crippen LogP contribution is -2.26. The predicted molar refractivity (Wildman–Crippen MR) is 107 cm³/mol. The Hall–Kier alpha value is -3.03. The van der Waals surface area contributed by atoms with Gasteiger partial charge in [0, 0.05) is 23.1 Å². The first-order valence-electron chi connectivity index (χ1n) is 8.95. The first-order chi connectivity index (χ1) is 13.7. The van der Waals surface area contributed by atoms with Gasteiger partial charge in [0.05, 0.1) is 16.2 Å². The number of halogens is 2. The van der Waals surface area contributed by atoms with Gasteiger partial charge in [0.2, 0.25) is 0 Å². The van der Waals surface area contributed by atoms with Crippen LogP contribution in [-0.2, 0) is 13.0 Å². The molecule has 8 heteroatoms. The van der Waals surface area contributed by atoms with Gasteiger partial charge in [-0.1, -0.05) is 23.7 Å². The quantitative estimate of drug-likeness (QED) is 0.485. The third-order valence-corrected chi connectivity index (χ3v) is 5.14. The molecule has 0 aliphatic carbocycles. The minimum atomic E-state index is -0.317. The topological polar surface area (TPSA) is 78.5 Å². The summed E-state index contributed by atoms with van der Waals surface area (Å²) in [5, 5.41) is 15.1. The van der Waals surface area contributed by atoms with Gasteiger partial charge >= 0.3 is 0 Å². The summed E-state index contributed by atoms with van der Waals surface area (Å²) in [7, 11) is 0. The van der Waals surface area contributed by atoms with Crippen LogP contribution in [0.4, 0.5) is 16.0 Å². The number of nitrogens with one attached hydrogen (secondary N) is 3. The normalized spacial score (nSPS) is 13.5. The summed E-state index contributed by atoms with van der Waals surface area (Å²) < 4.78 is 13.7. The molecule has 4 aromatic rings. The number of hydrogen-bond acceptors (Lipinski definition) is 5. The van der Waals surface area contributed by atoms with Gasteiger partial charge < -0.3 is 10.6 Å². The fraction of sp³-hybridized carbons (Fsp3) is 0.150. The highest BCUT2D eigenvalue weighted by atomic mass is 35.5. The van der Waals surface area contributed by atoms with Crippen molar-refractivity contribution in [3.63, 3.8) is 0 Å². The number of benzene rings is 2. The Labute approximate surface area is 165 Å². The Morgan fingerprint density at radius 1 is 1.07 bits per heavy atom. The highest BCUT2D eigenvalue weighted by Gasteiger charge is 2.20. The van der Waals surface area contributed by atoms with Crippen molar-refractivity contribution in [3.05, 3.63) is 64.6 Å². The lowest BCUT2D eigenvalue weighted by Gasteiger charge is -2.20. The number of nitrogens with zero attached hydrogens (tertiary/aromatic N) is 3. The van der Waals surface area contributed by atoms with E-state index < -0.39 is 0 Å². The molecule has 0 radical (unpaired) electrons. The van der Waals surface area contributed by atoms with Gasteiger partial charge in [-0.15, -0.1) is 0 Å². The van der Waals surface area contributed by atoms with Gasteiger partial charge in [0.15, 0.2) is 11.6 Å². The number of hydrogen-bond donors (Lipinski definition) is 3. The van der Waals surface area contributed by atoms with Gasteiger partial charge in [0.25, 0.3) is 0 Å². The molecule has 1 aliphatic heterocycles. The van der Waals surface area contributed by atoms with E-state index in [0.717, 1.165) is 35.3 Å². The maximum atomic E-state index is 13.7. The zero-order valence-electron chi connectivity index (χ0n) is 14.8. The lowest BCUT2D eigenvalue weighted by molar-refractivity contribution is 0.625. The number of anilines is 2. The van der Waals surface area contributed by atoms with Crippen LogP contribution in [-0.4, -0.2) is 26.7 Å². The maximum Gasteiger partial charge on any atom is 0.163 e. The highest BCUT2D eigenvalue weighted by Crippen LogP contribution is 2.31. The van der Waals surface area contributed by atoms with Crippen LogP contribution in [0.15, 0.2) is 42.5 Å². The summed E-state index contributed by atoms with van der Waals surface area (Å²) >= 11 is 6.36. The summed E-state index contributed by atoms with van der Waals surface area (Å²) in [4.78, 5) is 9.46. The zero-order valence-corrected chi connectivity index (χ0v) is 15.5. The van der Waals surface area contributed by atoms with Crippen molar-refractivity contribution in [2.45, 2.75) is 13.0 Å². The van der Waals surface area contributed by atoms with E-state index in [2.05, 4.69) is 20.8 Å². The van der Waals surface area contributed by atoms with Crippen LogP contribution in [0.5, 0.6) is 0 Å². The number of H-pyrrole nitrogens is 1. The average Bonchev–Trinajstić information content (AvgIpc) is 3.10. The van der Waals surface area contributed by atoms with Gasteiger partial charge in [-0.25, -0.2) is 14.4 Å². The highest BCUT2D eigenvalue weighted by molar-refractivity contribution is 6.33. The molecule has 0 spiro atoms. The third kappa shape index (κ3) is 2.98. The molecular formula is C20H16ClFN6. The molecule has 5 rings (SSSR count). The standard InChI is InChI=1S/C20H16ClFN6/c21-15-4-2-1-3-12(15)18-24-17-10-23-8-7-13(17)19(25-18)26-20-14-9-11(22)5-6-16(14)27-28-20/h1-6,9,23H,7-8,10H2,(H2,24,25,26,27,28). The molecule has 140 valence electrons. The van der Waals surface area contributed by atoms with Crippen molar-refractivity contribution in [1.82, 2.24) is 25.5 Å². The molecule has 2 aromatic carbocycles. The van der Waals surface area contributed by atoms with Crippen molar-refractivity contribution in [3.8, 4) is 11.4 Å². The Morgan fingerprint density at radius 3 is 2.86 bits per heavy atom. The second-order valence-electron chi connectivity index (χ2n) is 6.61. The van der Waals surface area contributed by atoms with Crippen LogP contribution in [0.3, 0.4) is 0 Å². The molecule has 2 aromatic heterocycles. The first kappa shape index (κ1) is 17.1. The number of rotatable bonds is 3. The van der Waals surface area contributed by atoms with Crippen LogP contribution < -0.4 is 10.6 Å². The first-order valence-corrected chi connectivity index (χ1v) is 9.33. The van der Waals surface area contributed by atoms with E-state index in [1.54, 1.807) is 6.07 Å². The predicted octanol–water partition coefficient (Wildman–Crippen LogP) is 4.20. The Bertz CT molecular complexity index is 1190. The van der Waals surface area contributed by atoms with Crippen molar-refractivity contribution in [1.29, 1.82) is 0 Å². The summed E-state index contributed by atoms with van der Waals surface area (Å²) in [6.07, 6.45) is 0.789. The van der Waals surface area contributed by atoms with Gasteiger partial charge in [-0.3, -0.25) is 5.10 Å². The zero-order chi connectivity index (χ0) is 19.1. The van der Waals surface area contributed by atoms with Gasteiger partial charge in [-0.2, -0.15) is 5.10 Å². The molecule has 0 saturated heterocycles. The van der Waals surface area contributed by atoms with Crippen LogP contribution in [0.25, 0.3) is 22.3 Å². The molecule has 28 heavy (non-hydrogen) atoms. The Morgan fingerprint density at radius 2 is 1.96 bits per heavy atom. The summed E-state index contributed by atoms with van der Waals surface area (Å²) in [6, 6.07) is 12.0. The summed E-state index contributed by atoms with van der Waals surface area (Å²) in [5.41, 5.74) is 3.46. The van der Waals surface area contributed by atoms with Gasteiger partial charge in [0.1, 0.15) is 11.6 Å². The van der Waals surface area contributed by atoms with Crippen LogP contribution in [0.2, 0.25) is 5.02 Å². The number of aromatic amines is 1. The molecule has 3 heterocycles. The second-order valence-corrected chi connectivity index (χ2v) is 7.02. The number of aromatic nitrogens is 4. The van der Waals surface area contributed by atoms with Crippen LogP contribution in [0.1, 0.15) is 11.3 Å². The molecule has 0 atom stereocenters. The monoisotopic (exact) mass is 394 g/mol. The van der Waals surface area contributed by atoms with E-state index in [9.17, 15) is 4.39 Å². The minimum absolute atomic E-state index is 0.317. The van der Waals surface area contributed by atoms with E-state index in [0.29, 0.717) is 34.4 Å². The molecule has 3 N–H and O–H groups in total. The molecule has 0 unspecified atom stereocenters. The molecule has 0 fully saturated rings. The van der Waals surface area contributed by atoms with E-state index in [1.165, 1.54) is 12.1 Å². The summed E-state index contributed by atoms with van der Waals surface area (Å²) in [6.45, 7) is 1.49. The van der Waals surface area contributed by atoms with Crippen molar-refractivity contribution in [2.24, 2.45) is 0 Å². The third-order valence-electron chi connectivity index (χ3n) is 4.81. The fourth-order valence-corrected chi connectivity index (χ4v) is 3.64. The average molecular weight is 395 g/mol. The van der Waals surface area contributed by atoms with E-state index >= 15 is 0 Å². The van der Waals surface area contributed by atoms with Crippen molar-refractivity contribution in [2.75, 3.05) is 11.9 Å². The number of fused-ring (bicyclic) bond motifs is 2. The Balaban J connectivity index is 1.64. The maximum absolute atomic E-state index is 13.7. The smallest absolute Gasteiger partial charge is 0.163 e. The van der Waals surface area contributed by atoms with E-state index in [-0.39, 0.29) is 5.82 Å². The van der Waals surface area contributed by atoms with Crippen LogP contribution in [0, 0.1) is 5.82 Å². The molecule has 0 bridgehead atoms. The largest absolute Gasteiger partial charge is 0.323 e. The lowest BCUT2D eigenvalue weighted by atomic mass is 10.1. The molecule has 0 saturated carbocycles. The summed E-state index contributed by atoms with van der Waals surface area (Å²) in [5.74, 6) is 1.42. The van der Waals surface area contributed by atoms with Crippen molar-refractivity contribution < 1.29 is 4.39 Å². The molecule has 0 amide bonds. The van der Waals surface area contributed by atoms with E-state index in [1.807, 2.05) is 24.3 Å².